The SMILES string of the molecule is CCCN(CCC)c1ncnc2c1c(-c1ccccc1)cn2-c1cccc(C)c1. The van der Waals surface area contributed by atoms with Gasteiger partial charge >= 0.3 is 0 Å². The summed E-state index contributed by atoms with van der Waals surface area (Å²) in [7, 11) is 0. The van der Waals surface area contributed by atoms with Crippen molar-refractivity contribution in [1.82, 2.24) is 14.5 Å². The highest BCUT2D eigenvalue weighted by Gasteiger charge is 2.20. The number of rotatable bonds is 7. The number of nitrogens with zero attached hydrogens (tertiary/aromatic N) is 4. The quantitative estimate of drug-likeness (QED) is 0.390. The van der Waals surface area contributed by atoms with Crippen LogP contribution in [-0.2, 0) is 0 Å². The van der Waals surface area contributed by atoms with Gasteiger partial charge in [0.1, 0.15) is 12.1 Å². The molecule has 0 fully saturated rings. The van der Waals surface area contributed by atoms with Gasteiger partial charge in [-0.2, -0.15) is 0 Å². The molecule has 4 rings (SSSR count). The number of hydrogen-bond acceptors (Lipinski definition) is 3. The fourth-order valence-electron chi connectivity index (χ4n) is 3.96. The number of benzene rings is 2. The van der Waals surface area contributed by atoms with Crippen LogP contribution in [-0.4, -0.2) is 27.6 Å². The first-order valence-electron chi connectivity index (χ1n) is 10.5. The van der Waals surface area contributed by atoms with Crippen molar-refractivity contribution in [3.63, 3.8) is 0 Å². The van der Waals surface area contributed by atoms with Gasteiger partial charge in [0.15, 0.2) is 5.65 Å². The molecular weight excluding hydrogens is 356 g/mol. The van der Waals surface area contributed by atoms with Crippen LogP contribution in [0.2, 0.25) is 0 Å². The molecule has 0 aliphatic heterocycles. The van der Waals surface area contributed by atoms with Gasteiger partial charge < -0.3 is 9.47 Å². The molecule has 2 aromatic carbocycles. The Morgan fingerprint density at radius 1 is 0.897 bits per heavy atom. The summed E-state index contributed by atoms with van der Waals surface area (Å²) in [4.78, 5) is 11.9. The molecule has 29 heavy (non-hydrogen) atoms. The number of hydrogen-bond donors (Lipinski definition) is 0. The summed E-state index contributed by atoms with van der Waals surface area (Å²) in [5, 5.41) is 1.13. The van der Waals surface area contributed by atoms with E-state index in [4.69, 9.17) is 9.97 Å². The number of fused-ring (bicyclic) bond motifs is 1. The summed E-state index contributed by atoms with van der Waals surface area (Å²) in [5.74, 6) is 1.03. The Hall–Kier alpha value is -3.14. The summed E-state index contributed by atoms with van der Waals surface area (Å²) in [6.45, 7) is 8.54. The second-order valence-corrected chi connectivity index (χ2v) is 7.50. The predicted octanol–water partition coefficient (Wildman–Crippen LogP) is 6.02. The van der Waals surface area contributed by atoms with Crippen LogP contribution in [0.15, 0.2) is 67.1 Å². The Kier molecular flexibility index (Phi) is 5.61. The third kappa shape index (κ3) is 3.75. The first kappa shape index (κ1) is 19.2. The molecule has 0 atom stereocenters. The van der Waals surface area contributed by atoms with Gasteiger partial charge in [0.05, 0.1) is 5.39 Å². The van der Waals surface area contributed by atoms with Gasteiger partial charge in [-0.25, -0.2) is 9.97 Å². The van der Waals surface area contributed by atoms with Gasteiger partial charge in [-0.05, 0) is 43.0 Å². The average Bonchev–Trinajstić information content (AvgIpc) is 3.14. The predicted molar refractivity (Wildman–Crippen MR) is 122 cm³/mol. The third-order valence-corrected chi connectivity index (χ3v) is 5.21. The minimum Gasteiger partial charge on any atom is -0.356 e. The molecule has 0 N–H and O–H groups in total. The average molecular weight is 385 g/mol. The molecule has 0 saturated carbocycles. The first-order valence-corrected chi connectivity index (χ1v) is 10.5. The highest BCUT2D eigenvalue weighted by molar-refractivity contribution is 6.02. The molecule has 148 valence electrons. The van der Waals surface area contributed by atoms with Gasteiger partial charge in [0.25, 0.3) is 0 Å². The molecule has 4 heteroatoms. The van der Waals surface area contributed by atoms with Gasteiger partial charge in [-0.1, -0.05) is 56.3 Å². The van der Waals surface area contributed by atoms with Crippen molar-refractivity contribution in [3.8, 4) is 16.8 Å². The van der Waals surface area contributed by atoms with E-state index in [0.717, 1.165) is 48.5 Å². The van der Waals surface area contributed by atoms with Gasteiger partial charge in [0.2, 0.25) is 0 Å². The van der Waals surface area contributed by atoms with E-state index in [2.05, 4.69) is 91.0 Å². The van der Waals surface area contributed by atoms with E-state index in [1.165, 1.54) is 16.7 Å². The molecule has 0 saturated heterocycles. The Labute approximate surface area is 172 Å². The minimum atomic E-state index is 0.955. The van der Waals surface area contributed by atoms with Crippen molar-refractivity contribution in [3.05, 3.63) is 72.7 Å². The lowest BCUT2D eigenvalue weighted by atomic mass is 10.1. The molecule has 0 unspecified atom stereocenters. The molecule has 4 nitrogen and oxygen atoms in total. The summed E-state index contributed by atoms with van der Waals surface area (Å²) >= 11 is 0. The third-order valence-electron chi connectivity index (χ3n) is 5.21. The van der Waals surface area contributed by atoms with E-state index in [1.54, 1.807) is 6.33 Å². The van der Waals surface area contributed by atoms with E-state index in [1.807, 2.05) is 0 Å². The molecule has 0 bridgehead atoms. The van der Waals surface area contributed by atoms with E-state index in [0.29, 0.717) is 0 Å². The maximum absolute atomic E-state index is 4.76. The molecule has 2 aromatic heterocycles. The van der Waals surface area contributed by atoms with Crippen LogP contribution in [0.4, 0.5) is 5.82 Å². The fourth-order valence-corrected chi connectivity index (χ4v) is 3.96. The number of aryl methyl sites for hydroxylation is 1. The van der Waals surface area contributed by atoms with Crippen LogP contribution in [0, 0.1) is 6.92 Å². The van der Waals surface area contributed by atoms with E-state index >= 15 is 0 Å². The van der Waals surface area contributed by atoms with Crippen molar-refractivity contribution in [2.24, 2.45) is 0 Å². The summed E-state index contributed by atoms with van der Waals surface area (Å²) in [5.41, 5.74) is 5.68. The minimum absolute atomic E-state index is 0.955. The zero-order chi connectivity index (χ0) is 20.2. The van der Waals surface area contributed by atoms with Crippen LogP contribution < -0.4 is 4.90 Å². The van der Waals surface area contributed by atoms with Crippen molar-refractivity contribution in [2.75, 3.05) is 18.0 Å². The maximum atomic E-state index is 4.76. The zero-order valence-electron chi connectivity index (χ0n) is 17.5. The van der Waals surface area contributed by atoms with Crippen LogP contribution in [0.25, 0.3) is 27.8 Å². The van der Waals surface area contributed by atoms with Gasteiger partial charge in [0, 0.05) is 30.5 Å². The smallest absolute Gasteiger partial charge is 0.150 e. The Balaban J connectivity index is 2.01. The van der Waals surface area contributed by atoms with Crippen molar-refractivity contribution < 1.29 is 0 Å². The second kappa shape index (κ2) is 8.48. The van der Waals surface area contributed by atoms with E-state index in [9.17, 15) is 0 Å². The molecular formula is C25H28N4. The number of aromatic nitrogens is 3. The summed E-state index contributed by atoms with van der Waals surface area (Å²) < 4.78 is 2.20. The van der Waals surface area contributed by atoms with Crippen LogP contribution in [0.5, 0.6) is 0 Å². The standard InChI is InChI=1S/C25H28N4/c1-4-14-28(15-5-2)24-23-22(20-11-7-6-8-12-20)17-29(25(23)27-18-26-24)21-13-9-10-19(3)16-21/h6-13,16-18H,4-5,14-15H2,1-3H3. The fraction of sp³-hybridized carbons (Fsp3) is 0.280. The lowest BCUT2D eigenvalue weighted by Gasteiger charge is -2.23. The van der Waals surface area contributed by atoms with Crippen molar-refractivity contribution >= 4 is 16.9 Å². The van der Waals surface area contributed by atoms with Crippen molar-refractivity contribution in [2.45, 2.75) is 33.6 Å². The molecule has 0 aliphatic rings. The van der Waals surface area contributed by atoms with Crippen LogP contribution >= 0.6 is 0 Å². The first-order chi connectivity index (χ1) is 14.2. The molecule has 4 aromatic rings. The normalized spacial score (nSPS) is 11.1. The zero-order valence-corrected chi connectivity index (χ0v) is 17.5. The van der Waals surface area contributed by atoms with Crippen molar-refractivity contribution in [1.29, 1.82) is 0 Å². The monoisotopic (exact) mass is 384 g/mol. The van der Waals surface area contributed by atoms with E-state index < -0.39 is 0 Å². The molecule has 0 radical (unpaired) electrons. The van der Waals surface area contributed by atoms with Crippen LogP contribution in [0.3, 0.4) is 0 Å². The molecule has 2 heterocycles. The topological polar surface area (TPSA) is 34.0 Å². The van der Waals surface area contributed by atoms with E-state index in [-0.39, 0.29) is 0 Å². The Bertz CT molecular complexity index is 1090. The lowest BCUT2D eigenvalue weighted by molar-refractivity contribution is 0.736. The molecule has 0 amide bonds. The summed E-state index contributed by atoms with van der Waals surface area (Å²) in [6, 6.07) is 19.1. The second-order valence-electron chi connectivity index (χ2n) is 7.50. The van der Waals surface area contributed by atoms with Gasteiger partial charge in [-0.3, -0.25) is 0 Å². The Morgan fingerprint density at radius 2 is 1.66 bits per heavy atom. The lowest BCUT2D eigenvalue weighted by Crippen LogP contribution is -2.26. The maximum Gasteiger partial charge on any atom is 0.150 e. The molecule has 0 aliphatic carbocycles. The van der Waals surface area contributed by atoms with Gasteiger partial charge in [-0.15, -0.1) is 0 Å². The van der Waals surface area contributed by atoms with Crippen LogP contribution in [0.1, 0.15) is 32.3 Å². The largest absolute Gasteiger partial charge is 0.356 e. The Morgan fingerprint density at radius 3 is 2.34 bits per heavy atom. The highest BCUT2D eigenvalue weighted by Crippen LogP contribution is 2.36. The molecule has 0 spiro atoms. The summed E-state index contributed by atoms with van der Waals surface area (Å²) in [6.07, 6.45) is 6.09. The number of anilines is 1. The highest BCUT2D eigenvalue weighted by atomic mass is 15.2.